The molecule has 0 spiro atoms. The molecule has 4 atom stereocenters. The standard InChI is InChI=1S/C18H19N5O4/c24-7-11-6-12(15(26)14(11)25)23-9-21-13-16(19-8-20-17(13)23)22-18(27)10-4-2-1-3-5-10/h1-5,8-9,11-12,14-15,24-26H,6-7H2,(H,19,20,22,27)/t11-,12-,14-,15+/m0/s1. The van der Waals surface area contributed by atoms with Crippen molar-refractivity contribution in [3.05, 3.63) is 48.5 Å². The largest absolute Gasteiger partial charge is 0.396 e. The Morgan fingerprint density at radius 3 is 2.63 bits per heavy atom. The van der Waals surface area contributed by atoms with Crippen LogP contribution in [0.2, 0.25) is 0 Å². The molecule has 4 rings (SSSR count). The van der Waals surface area contributed by atoms with Crippen molar-refractivity contribution in [3.63, 3.8) is 0 Å². The minimum Gasteiger partial charge on any atom is -0.396 e. The van der Waals surface area contributed by atoms with Crippen molar-refractivity contribution in [1.82, 2.24) is 19.5 Å². The predicted octanol–water partition coefficient (Wildman–Crippen LogP) is 0.354. The van der Waals surface area contributed by atoms with Crippen LogP contribution >= 0.6 is 0 Å². The summed E-state index contributed by atoms with van der Waals surface area (Å²) >= 11 is 0. The SMILES string of the molecule is O=C(Nc1ncnc2c1ncn2[C@H]1C[C@@H](CO)[C@H](O)[C@@H]1O)c1ccccc1. The molecule has 4 N–H and O–H groups in total. The van der Waals surface area contributed by atoms with E-state index < -0.39 is 24.2 Å². The maximum absolute atomic E-state index is 12.4. The Morgan fingerprint density at radius 1 is 1.15 bits per heavy atom. The Hall–Kier alpha value is -2.88. The van der Waals surface area contributed by atoms with Gasteiger partial charge in [0.1, 0.15) is 12.4 Å². The molecule has 1 aliphatic rings. The molecule has 0 saturated heterocycles. The van der Waals surface area contributed by atoms with Gasteiger partial charge in [-0.1, -0.05) is 18.2 Å². The number of carbonyl (C=O) groups is 1. The molecule has 1 fully saturated rings. The summed E-state index contributed by atoms with van der Waals surface area (Å²) in [5.74, 6) is -0.470. The maximum atomic E-state index is 12.4. The van der Waals surface area contributed by atoms with E-state index in [0.29, 0.717) is 23.1 Å². The molecule has 9 nitrogen and oxygen atoms in total. The van der Waals surface area contributed by atoms with Gasteiger partial charge >= 0.3 is 0 Å². The number of nitrogens with zero attached hydrogens (tertiary/aromatic N) is 4. The lowest BCUT2D eigenvalue weighted by atomic mass is 10.1. The molecule has 0 aliphatic heterocycles. The van der Waals surface area contributed by atoms with Crippen molar-refractivity contribution >= 4 is 22.9 Å². The van der Waals surface area contributed by atoms with Crippen LogP contribution in [0.4, 0.5) is 5.82 Å². The van der Waals surface area contributed by atoms with Gasteiger partial charge in [0.05, 0.1) is 18.5 Å². The van der Waals surface area contributed by atoms with Crippen LogP contribution in [0.1, 0.15) is 22.8 Å². The summed E-state index contributed by atoms with van der Waals surface area (Å²) in [7, 11) is 0. The maximum Gasteiger partial charge on any atom is 0.256 e. The zero-order valence-corrected chi connectivity index (χ0v) is 14.3. The van der Waals surface area contributed by atoms with E-state index >= 15 is 0 Å². The lowest BCUT2D eigenvalue weighted by Crippen LogP contribution is -2.30. The number of benzene rings is 1. The number of aliphatic hydroxyl groups is 3. The van der Waals surface area contributed by atoms with E-state index in [1.54, 1.807) is 28.8 Å². The number of nitrogens with one attached hydrogen (secondary N) is 1. The minimum absolute atomic E-state index is 0.214. The van der Waals surface area contributed by atoms with Crippen LogP contribution in [0.3, 0.4) is 0 Å². The fourth-order valence-electron chi connectivity index (χ4n) is 3.51. The summed E-state index contributed by atoms with van der Waals surface area (Å²) in [6.45, 7) is -0.214. The van der Waals surface area contributed by atoms with Crippen molar-refractivity contribution in [1.29, 1.82) is 0 Å². The molecular weight excluding hydrogens is 350 g/mol. The van der Waals surface area contributed by atoms with Gasteiger partial charge in [-0.3, -0.25) is 4.79 Å². The Bertz CT molecular complexity index is 961. The van der Waals surface area contributed by atoms with Crippen molar-refractivity contribution < 1.29 is 20.1 Å². The molecule has 1 amide bonds. The van der Waals surface area contributed by atoms with E-state index in [1.807, 2.05) is 6.07 Å². The third kappa shape index (κ3) is 3.05. The molecule has 3 aromatic rings. The van der Waals surface area contributed by atoms with Crippen LogP contribution in [0.15, 0.2) is 43.0 Å². The van der Waals surface area contributed by atoms with Crippen LogP contribution in [-0.4, -0.2) is 59.6 Å². The topological polar surface area (TPSA) is 133 Å². The van der Waals surface area contributed by atoms with E-state index in [9.17, 15) is 20.1 Å². The number of imidazole rings is 1. The zero-order valence-electron chi connectivity index (χ0n) is 14.3. The number of hydrogen-bond donors (Lipinski definition) is 4. The number of carbonyl (C=O) groups excluding carboxylic acids is 1. The van der Waals surface area contributed by atoms with Crippen LogP contribution in [0.25, 0.3) is 11.2 Å². The molecule has 0 bridgehead atoms. The van der Waals surface area contributed by atoms with Gasteiger partial charge in [0.2, 0.25) is 0 Å². The van der Waals surface area contributed by atoms with Crippen molar-refractivity contribution in [2.45, 2.75) is 24.7 Å². The monoisotopic (exact) mass is 369 g/mol. The lowest BCUT2D eigenvalue weighted by molar-refractivity contribution is -0.00370. The smallest absolute Gasteiger partial charge is 0.256 e. The predicted molar refractivity (Wildman–Crippen MR) is 96.0 cm³/mol. The quantitative estimate of drug-likeness (QED) is 0.521. The van der Waals surface area contributed by atoms with Gasteiger partial charge in [-0.05, 0) is 18.6 Å². The molecule has 1 aliphatic carbocycles. The minimum atomic E-state index is -1.04. The van der Waals surface area contributed by atoms with Crippen molar-refractivity contribution in [3.8, 4) is 0 Å². The first kappa shape index (κ1) is 17.5. The van der Waals surface area contributed by atoms with E-state index in [-0.39, 0.29) is 18.3 Å². The summed E-state index contributed by atoms with van der Waals surface area (Å²) < 4.78 is 1.65. The molecule has 2 aromatic heterocycles. The lowest BCUT2D eigenvalue weighted by Gasteiger charge is -2.18. The summed E-state index contributed by atoms with van der Waals surface area (Å²) in [4.78, 5) is 25.0. The molecule has 1 aromatic carbocycles. The first-order chi connectivity index (χ1) is 13.1. The Labute approximate surface area is 154 Å². The second kappa shape index (κ2) is 7.03. The fraction of sp³-hybridized carbons (Fsp3) is 0.333. The highest BCUT2D eigenvalue weighted by Crippen LogP contribution is 2.36. The molecule has 1 saturated carbocycles. The number of aliphatic hydroxyl groups excluding tert-OH is 3. The normalized spacial score (nSPS) is 25.0. The Morgan fingerprint density at radius 2 is 1.93 bits per heavy atom. The first-order valence-electron chi connectivity index (χ1n) is 8.61. The van der Waals surface area contributed by atoms with Gasteiger partial charge in [0, 0.05) is 18.1 Å². The molecule has 2 heterocycles. The van der Waals surface area contributed by atoms with Crippen molar-refractivity contribution in [2.24, 2.45) is 5.92 Å². The molecule has 9 heteroatoms. The number of amides is 1. The van der Waals surface area contributed by atoms with Crippen LogP contribution in [0.5, 0.6) is 0 Å². The van der Waals surface area contributed by atoms with Gasteiger partial charge in [0.15, 0.2) is 17.0 Å². The fourth-order valence-corrected chi connectivity index (χ4v) is 3.51. The van der Waals surface area contributed by atoms with E-state index in [0.717, 1.165) is 0 Å². The molecule has 140 valence electrons. The average molecular weight is 369 g/mol. The number of hydrogen-bond acceptors (Lipinski definition) is 7. The summed E-state index contributed by atoms with van der Waals surface area (Å²) in [5, 5.41) is 32.5. The van der Waals surface area contributed by atoms with Gasteiger partial charge in [-0.15, -0.1) is 0 Å². The van der Waals surface area contributed by atoms with Gasteiger partial charge in [0.25, 0.3) is 5.91 Å². The van der Waals surface area contributed by atoms with Crippen LogP contribution in [0, 0.1) is 5.92 Å². The number of aromatic nitrogens is 4. The molecular formula is C18H19N5O4. The third-order valence-electron chi connectivity index (χ3n) is 4.99. The highest BCUT2D eigenvalue weighted by atomic mass is 16.3. The van der Waals surface area contributed by atoms with E-state index in [4.69, 9.17) is 0 Å². The second-order valence-corrected chi connectivity index (χ2v) is 6.59. The number of fused-ring (bicyclic) bond motifs is 1. The molecule has 27 heavy (non-hydrogen) atoms. The Balaban J connectivity index is 1.65. The Kier molecular flexibility index (Phi) is 4.56. The summed E-state index contributed by atoms with van der Waals surface area (Å²) in [6, 6.07) is 8.26. The van der Waals surface area contributed by atoms with Crippen LogP contribution in [-0.2, 0) is 0 Å². The summed E-state index contributed by atoms with van der Waals surface area (Å²) in [5.41, 5.74) is 1.31. The first-order valence-corrected chi connectivity index (χ1v) is 8.61. The van der Waals surface area contributed by atoms with Crippen molar-refractivity contribution in [2.75, 3.05) is 11.9 Å². The van der Waals surface area contributed by atoms with Gasteiger partial charge < -0.3 is 25.2 Å². The zero-order chi connectivity index (χ0) is 19.0. The third-order valence-corrected chi connectivity index (χ3v) is 4.99. The van der Waals surface area contributed by atoms with Gasteiger partial charge in [-0.2, -0.15) is 0 Å². The van der Waals surface area contributed by atoms with E-state index in [2.05, 4.69) is 20.3 Å². The van der Waals surface area contributed by atoms with Crippen LogP contribution < -0.4 is 5.32 Å². The molecule has 0 radical (unpaired) electrons. The number of anilines is 1. The highest BCUT2D eigenvalue weighted by molar-refractivity contribution is 6.06. The average Bonchev–Trinajstić information content (AvgIpc) is 3.25. The van der Waals surface area contributed by atoms with Gasteiger partial charge in [-0.25, -0.2) is 15.0 Å². The number of rotatable bonds is 4. The molecule has 0 unspecified atom stereocenters. The highest BCUT2D eigenvalue weighted by Gasteiger charge is 2.42. The second-order valence-electron chi connectivity index (χ2n) is 6.59. The summed E-state index contributed by atoms with van der Waals surface area (Å²) in [6.07, 6.45) is 1.13. The van der Waals surface area contributed by atoms with E-state index in [1.165, 1.54) is 12.7 Å².